The maximum absolute atomic E-state index is 4.62. The molecule has 1 fully saturated rings. The van der Waals surface area contributed by atoms with E-state index < -0.39 is 0 Å². The number of aryl methyl sites for hydroxylation is 1. The summed E-state index contributed by atoms with van der Waals surface area (Å²) < 4.78 is 0. The van der Waals surface area contributed by atoms with E-state index in [0.717, 1.165) is 24.7 Å². The summed E-state index contributed by atoms with van der Waals surface area (Å²) in [5.74, 6) is 0.791. The first-order valence-corrected chi connectivity index (χ1v) is 7.55. The van der Waals surface area contributed by atoms with E-state index in [1.165, 1.54) is 37.5 Å². The van der Waals surface area contributed by atoms with Crippen LogP contribution in [0, 0.1) is 12.8 Å². The molecule has 0 amide bonds. The van der Waals surface area contributed by atoms with Gasteiger partial charge in [0, 0.05) is 18.5 Å². The minimum Gasteiger partial charge on any atom is -0.348 e. The maximum Gasteiger partial charge on any atom is 0.185 e. The Balaban J connectivity index is 1.96. The fraction of sp³-hybridized carbons (Fsp3) is 0.769. The second-order valence-electron chi connectivity index (χ2n) is 4.93. The molecule has 2 rings (SSSR count). The van der Waals surface area contributed by atoms with E-state index in [-0.39, 0.29) is 0 Å². The summed E-state index contributed by atoms with van der Waals surface area (Å²) in [4.78, 5) is 7.09. The number of aromatic nitrogens is 1. The van der Waals surface area contributed by atoms with Crippen molar-refractivity contribution in [1.29, 1.82) is 0 Å². The lowest BCUT2D eigenvalue weighted by atomic mass is 9.99. The Kier molecular flexibility index (Phi) is 4.80. The van der Waals surface area contributed by atoms with Crippen molar-refractivity contribution in [2.75, 3.05) is 31.1 Å². The van der Waals surface area contributed by atoms with Crippen LogP contribution in [0.1, 0.15) is 31.9 Å². The third kappa shape index (κ3) is 3.68. The summed E-state index contributed by atoms with van der Waals surface area (Å²) in [6, 6.07) is 0. The van der Waals surface area contributed by atoms with Crippen molar-refractivity contribution >= 4 is 16.5 Å². The smallest absolute Gasteiger partial charge is 0.185 e. The quantitative estimate of drug-likeness (QED) is 0.874. The van der Waals surface area contributed by atoms with Gasteiger partial charge in [-0.3, -0.25) is 0 Å². The van der Waals surface area contributed by atoms with E-state index in [0.29, 0.717) is 0 Å². The van der Waals surface area contributed by atoms with Crippen LogP contribution in [-0.4, -0.2) is 31.2 Å². The van der Waals surface area contributed by atoms with Crippen molar-refractivity contribution < 1.29 is 0 Å². The van der Waals surface area contributed by atoms with E-state index in [4.69, 9.17) is 0 Å². The van der Waals surface area contributed by atoms with E-state index in [2.05, 4.69) is 34.4 Å². The first-order chi connectivity index (χ1) is 8.29. The van der Waals surface area contributed by atoms with E-state index in [1.807, 2.05) is 0 Å². The lowest BCUT2D eigenvalue weighted by Gasteiger charge is -2.29. The molecule has 96 valence electrons. The largest absolute Gasteiger partial charge is 0.348 e. The van der Waals surface area contributed by atoms with Crippen LogP contribution in [-0.2, 0) is 0 Å². The molecule has 1 aliphatic rings. The molecule has 1 aromatic heterocycles. The normalized spacial score (nSPS) is 20.5. The fourth-order valence-corrected chi connectivity index (χ4v) is 3.25. The van der Waals surface area contributed by atoms with Gasteiger partial charge in [0.1, 0.15) is 0 Å². The van der Waals surface area contributed by atoms with Crippen molar-refractivity contribution in [2.24, 2.45) is 5.92 Å². The lowest BCUT2D eigenvalue weighted by molar-refractivity contribution is 0.376. The summed E-state index contributed by atoms with van der Waals surface area (Å²) in [5.41, 5.74) is 1.15. The van der Waals surface area contributed by atoms with Gasteiger partial charge < -0.3 is 10.2 Å². The molecule has 1 aromatic rings. The molecule has 3 nitrogen and oxygen atoms in total. The molecule has 0 aliphatic carbocycles. The first kappa shape index (κ1) is 12.8. The number of nitrogens with zero attached hydrogens (tertiary/aromatic N) is 2. The van der Waals surface area contributed by atoms with Crippen molar-refractivity contribution in [2.45, 2.75) is 33.1 Å². The topological polar surface area (TPSA) is 28.2 Å². The highest BCUT2D eigenvalue weighted by Gasteiger charge is 2.18. The summed E-state index contributed by atoms with van der Waals surface area (Å²) in [7, 11) is 0. The molecule has 1 atom stereocenters. The molecule has 17 heavy (non-hydrogen) atoms. The average molecular weight is 253 g/mol. The average Bonchev–Trinajstić information content (AvgIpc) is 2.77. The highest BCUT2D eigenvalue weighted by Crippen LogP contribution is 2.23. The van der Waals surface area contributed by atoms with Gasteiger partial charge in [-0.2, -0.15) is 0 Å². The van der Waals surface area contributed by atoms with Crippen LogP contribution in [0.4, 0.5) is 5.13 Å². The monoisotopic (exact) mass is 253 g/mol. The molecule has 0 aromatic carbocycles. The Hall–Kier alpha value is -0.610. The van der Waals surface area contributed by atoms with E-state index in [1.54, 1.807) is 11.3 Å². The zero-order valence-electron chi connectivity index (χ0n) is 10.9. The van der Waals surface area contributed by atoms with Crippen LogP contribution in [0.15, 0.2) is 5.38 Å². The van der Waals surface area contributed by atoms with E-state index >= 15 is 0 Å². The van der Waals surface area contributed by atoms with Crippen LogP contribution < -0.4 is 10.2 Å². The molecule has 0 radical (unpaired) electrons. The van der Waals surface area contributed by atoms with Gasteiger partial charge in [0.15, 0.2) is 5.13 Å². The molecule has 0 saturated carbocycles. The Morgan fingerprint density at radius 3 is 3.06 bits per heavy atom. The van der Waals surface area contributed by atoms with Gasteiger partial charge in [0.2, 0.25) is 0 Å². The summed E-state index contributed by atoms with van der Waals surface area (Å²) in [5, 5.41) is 6.85. The Labute approximate surface area is 108 Å². The number of hydrogen-bond donors (Lipinski definition) is 1. The van der Waals surface area contributed by atoms with Gasteiger partial charge in [-0.25, -0.2) is 4.98 Å². The molecule has 4 heteroatoms. The minimum atomic E-state index is 0.791. The van der Waals surface area contributed by atoms with Gasteiger partial charge in [-0.15, -0.1) is 11.3 Å². The molecule has 0 bridgehead atoms. The Morgan fingerprint density at radius 1 is 1.59 bits per heavy atom. The molecule has 0 spiro atoms. The van der Waals surface area contributed by atoms with Gasteiger partial charge in [-0.1, -0.05) is 6.92 Å². The number of rotatable bonds is 5. The molecule has 1 N–H and O–H groups in total. The van der Waals surface area contributed by atoms with Crippen molar-refractivity contribution in [1.82, 2.24) is 10.3 Å². The number of thiazole rings is 1. The predicted octanol–water partition coefficient (Wildman–Crippen LogP) is 2.67. The maximum atomic E-state index is 4.62. The lowest BCUT2D eigenvalue weighted by Crippen LogP contribution is -2.38. The number of piperidine rings is 1. The van der Waals surface area contributed by atoms with Crippen LogP contribution in [0.2, 0.25) is 0 Å². The minimum absolute atomic E-state index is 0.791. The zero-order valence-corrected chi connectivity index (χ0v) is 11.7. The third-order valence-corrected chi connectivity index (χ3v) is 4.27. The standard InChI is InChI=1S/C13H23N3S/c1-3-7-16(13-15-11(2)10-17-13)9-12-5-4-6-14-8-12/h10,12,14H,3-9H2,1-2H3. The number of nitrogens with one attached hydrogen (secondary N) is 1. The third-order valence-electron chi connectivity index (χ3n) is 3.25. The Morgan fingerprint density at radius 2 is 2.47 bits per heavy atom. The van der Waals surface area contributed by atoms with Crippen LogP contribution in [0.25, 0.3) is 0 Å². The van der Waals surface area contributed by atoms with Crippen molar-refractivity contribution in [3.05, 3.63) is 11.1 Å². The van der Waals surface area contributed by atoms with Crippen LogP contribution >= 0.6 is 11.3 Å². The molecule has 1 saturated heterocycles. The molecule has 1 aliphatic heterocycles. The SMILES string of the molecule is CCCN(CC1CCCNC1)c1nc(C)cs1. The summed E-state index contributed by atoms with van der Waals surface area (Å²) >= 11 is 1.78. The number of anilines is 1. The second kappa shape index (κ2) is 6.36. The van der Waals surface area contributed by atoms with Gasteiger partial charge >= 0.3 is 0 Å². The summed E-state index contributed by atoms with van der Waals surface area (Å²) in [6.45, 7) is 8.97. The van der Waals surface area contributed by atoms with Gasteiger partial charge in [-0.05, 0) is 45.2 Å². The summed E-state index contributed by atoms with van der Waals surface area (Å²) in [6.07, 6.45) is 3.87. The molecule has 2 heterocycles. The number of hydrogen-bond acceptors (Lipinski definition) is 4. The highest BCUT2D eigenvalue weighted by molar-refractivity contribution is 7.13. The van der Waals surface area contributed by atoms with E-state index in [9.17, 15) is 0 Å². The highest BCUT2D eigenvalue weighted by atomic mass is 32.1. The zero-order chi connectivity index (χ0) is 12.1. The first-order valence-electron chi connectivity index (χ1n) is 6.67. The Bertz CT molecular complexity index is 331. The second-order valence-corrected chi connectivity index (χ2v) is 5.77. The van der Waals surface area contributed by atoms with Crippen molar-refractivity contribution in [3.8, 4) is 0 Å². The van der Waals surface area contributed by atoms with Crippen LogP contribution in [0.3, 0.4) is 0 Å². The molecule has 1 unspecified atom stereocenters. The van der Waals surface area contributed by atoms with Gasteiger partial charge in [0.05, 0.1) is 5.69 Å². The van der Waals surface area contributed by atoms with Crippen LogP contribution in [0.5, 0.6) is 0 Å². The predicted molar refractivity (Wildman–Crippen MR) is 74.9 cm³/mol. The van der Waals surface area contributed by atoms with Gasteiger partial charge in [0.25, 0.3) is 0 Å². The molecular weight excluding hydrogens is 230 g/mol. The molecular formula is C13H23N3S. The fourth-order valence-electron chi connectivity index (χ4n) is 2.41. The van der Waals surface area contributed by atoms with Crippen molar-refractivity contribution in [3.63, 3.8) is 0 Å².